The highest BCUT2D eigenvalue weighted by Gasteiger charge is 2.19. The van der Waals surface area contributed by atoms with Crippen molar-refractivity contribution in [3.05, 3.63) is 71.8 Å². The first kappa shape index (κ1) is 21.4. The highest BCUT2D eigenvalue weighted by Crippen LogP contribution is 2.41. The van der Waals surface area contributed by atoms with Crippen LogP contribution in [0.15, 0.2) is 54.9 Å². The largest absolute Gasteiger partial charge is 0.493 e. The Balaban J connectivity index is 1.71. The van der Waals surface area contributed by atoms with Crippen molar-refractivity contribution in [2.75, 3.05) is 19.5 Å². The Morgan fingerprint density at radius 2 is 1.81 bits per heavy atom. The standard InChI is InChI=1S/C23H23N5O3S/c1-14-26-22(19(21(24)32)23-25-9-10-28(14)23)27-16-11-17(29-2)20(18(12-16)30-3)31-13-15-7-5-4-6-8-15/h4-12,27H,13H2,1-3H3,(H2,24,32). The summed E-state index contributed by atoms with van der Waals surface area (Å²) in [5, 5.41) is 3.28. The number of rotatable bonds is 8. The molecule has 0 unspecified atom stereocenters. The topological polar surface area (TPSA) is 95.9 Å². The average Bonchev–Trinajstić information content (AvgIpc) is 3.28. The molecule has 2 aromatic carbocycles. The van der Waals surface area contributed by atoms with Crippen LogP contribution < -0.4 is 25.3 Å². The molecule has 0 spiro atoms. The van der Waals surface area contributed by atoms with E-state index in [0.29, 0.717) is 46.6 Å². The highest BCUT2D eigenvalue weighted by molar-refractivity contribution is 7.80. The molecule has 2 heterocycles. The quantitative estimate of drug-likeness (QED) is 0.390. The SMILES string of the molecule is COc1cc(Nc2nc(C)n3ccnc3c2C(N)=S)cc(OC)c1OCc1ccccc1. The summed E-state index contributed by atoms with van der Waals surface area (Å²) in [7, 11) is 3.15. The van der Waals surface area contributed by atoms with Crippen LogP contribution in [0.3, 0.4) is 0 Å². The lowest BCUT2D eigenvalue weighted by atomic mass is 10.2. The molecule has 0 aliphatic rings. The first-order valence-electron chi connectivity index (χ1n) is 9.85. The minimum atomic E-state index is 0.193. The monoisotopic (exact) mass is 449 g/mol. The van der Waals surface area contributed by atoms with Gasteiger partial charge in [0, 0.05) is 30.2 Å². The molecule has 0 aliphatic carbocycles. The summed E-state index contributed by atoms with van der Waals surface area (Å²) >= 11 is 5.28. The molecular formula is C23H23N5O3S. The van der Waals surface area contributed by atoms with Crippen molar-refractivity contribution in [3.8, 4) is 17.2 Å². The molecule has 3 N–H and O–H groups in total. The van der Waals surface area contributed by atoms with Crippen LogP contribution in [0.2, 0.25) is 0 Å². The lowest BCUT2D eigenvalue weighted by Gasteiger charge is -2.18. The number of nitrogens with two attached hydrogens (primary N) is 1. The van der Waals surface area contributed by atoms with E-state index >= 15 is 0 Å². The van der Waals surface area contributed by atoms with Crippen LogP contribution in [0.5, 0.6) is 17.2 Å². The zero-order valence-electron chi connectivity index (χ0n) is 18.0. The predicted octanol–water partition coefficient (Wildman–Crippen LogP) is 4.01. The van der Waals surface area contributed by atoms with Crippen molar-refractivity contribution in [1.29, 1.82) is 0 Å². The average molecular weight is 450 g/mol. The lowest BCUT2D eigenvalue weighted by molar-refractivity contribution is 0.266. The minimum absolute atomic E-state index is 0.193. The van der Waals surface area contributed by atoms with Gasteiger partial charge in [-0.3, -0.25) is 4.40 Å². The molecule has 0 saturated carbocycles. The lowest BCUT2D eigenvalue weighted by Crippen LogP contribution is -2.16. The van der Waals surface area contributed by atoms with E-state index in [1.807, 2.05) is 47.9 Å². The van der Waals surface area contributed by atoms with Gasteiger partial charge in [0.05, 0.1) is 19.8 Å². The molecule has 0 aliphatic heterocycles. The van der Waals surface area contributed by atoms with Crippen LogP contribution >= 0.6 is 12.2 Å². The van der Waals surface area contributed by atoms with Gasteiger partial charge in [0.2, 0.25) is 5.75 Å². The molecule has 2 aromatic heterocycles. The second-order valence-electron chi connectivity index (χ2n) is 6.98. The van der Waals surface area contributed by atoms with Crippen molar-refractivity contribution in [1.82, 2.24) is 14.4 Å². The van der Waals surface area contributed by atoms with Crippen molar-refractivity contribution >= 4 is 34.4 Å². The summed E-state index contributed by atoms with van der Waals surface area (Å²) in [6.45, 7) is 2.26. The first-order valence-corrected chi connectivity index (χ1v) is 10.3. The van der Waals surface area contributed by atoms with Crippen LogP contribution in [0.4, 0.5) is 11.5 Å². The molecule has 0 fully saturated rings. The van der Waals surface area contributed by atoms with Crippen LogP contribution in [0, 0.1) is 6.92 Å². The second kappa shape index (κ2) is 9.11. The van der Waals surface area contributed by atoms with Gasteiger partial charge >= 0.3 is 0 Å². The fraction of sp³-hybridized carbons (Fsp3) is 0.174. The Morgan fingerprint density at radius 3 is 2.44 bits per heavy atom. The molecule has 4 rings (SSSR count). The molecule has 4 aromatic rings. The number of nitrogens with zero attached hydrogens (tertiary/aromatic N) is 3. The Kier molecular flexibility index (Phi) is 6.09. The number of benzene rings is 2. The maximum atomic E-state index is 6.02. The molecule has 164 valence electrons. The molecule has 0 radical (unpaired) electrons. The number of nitrogens with one attached hydrogen (secondary N) is 1. The summed E-state index contributed by atoms with van der Waals surface area (Å²) in [6.07, 6.45) is 3.49. The number of ether oxygens (including phenoxy) is 3. The maximum absolute atomic E-state index is 6.02. The third-order valence-corrected chi connectivity index (χ3v) is 5.12. The summed E-state index contributed by atoms with van der Waals surface area (Å²) in [5.41, 5.74) is 8.90. The van der Waals surface area contributed by atoms with Crippen LogP contribution in [-0.4, -0.2) is 33.6 Å². The fourth-order valence-corrected chi connectivity index (χ4v) is 3.59. The van der Waals surface area contributed by atoms with Crippen molar-refractivity contribution in [2.24, 2.45) is 5.73 Å². The molecule has 0 atom stereocenters. The van der Waals surface area contributed by atoms with Crippen molar-refractivity contribution in [3.63, 3.8) is 0 Å². The molecular weight excluding hydrogens is 426 g/mol. The normalized spacial score (nSPS) is 10.7. The third-order valence-electron chi connectivity index (χ3n) is 4.92. The van der Waals surface area contributed by atoms with Gasteiger partial charge in [-0.05, 0) is 12.5 Å². The number of thiocarbonyl (C=S) groups is 1. The fourth-order valence-electron chi connectivity index (χ4n) is 3.41. The molecule has 32 heavy (non-hydrogen) atoms. The molecule has 8 nitrogen and oxygen atoms in total. The molecule has 9 heteroatoms. The van der Waals surface area contributed by atoms with E-state index in [4.69, 9.17) is 32.2 Å². The number of hydrogen-bond donors (Lipinski definition) is 2. The highest BCUT2D eigenvalue weighted by atomic mass is 32.1. The van der Waals surface area contributed by atoms with Crippen LogP contribution in [0.25, 0.3) is 5.65 Å². The number of anilines is 2. The van der Waals surface area contributed by atoms with Gasteiger partial charge in [-0.15, -0.1) is 0 Å². The zero-order chi connectivity index (χ0) is 22.7. The summed E-state index contributed by atoms with van der Waals surface area (Å²) in [6, 6.07) is 13.5. The number of aromatic nitrogens is 3. The Bertz CT molecular complexity index is 1250. The number of methoxy groups -OCH3 is 2. The van der Waals surface area contributed by atoms with E-state index < -0.39 is 0 Å². The van der Waals surface area contributed by atoms with Crippen molar-refractivity contribution in [2.45, 2.75) is 13.5 Å². The van der Waals surface area contributed by atoms with E-state index in [-0.39, 0.29) is 4.99 Å². The van der Waals surface area contributed by atoms with E-state index in [9.17, 15) is 0 Å². The minimum Gasteiger partial charge on any atom is -0.493 e. The van der Waals surface area contributed by atoms with E-state index in [0.717, 1.165) is 11.4 Å². The van der Waals surface area contributed by atoms with Gasteiger partial charge < -0.3 is 25.3 Å². The Morgan fingerprint density at radius 1 is 1.12 bits per heavy atom. The van der Waals surface area contributed by atoms with Gasteiger partial charge in [0.25, 0.3) is 0 Å². The summed E-state index contributed by atoms with van der Waals surface area (Å²) in [5.74, 6) is 2.76. The zero-order valence-corrected chi connectivity index (χ0v) is 18.8. The number of hydrogen-bond acceptors (Lipinski definition) is 7. The second-order valence-corrected chi connectivity index (χ2v) is 7.42. The Labute approximate surface area is 191 Å². The number of imidazole rings is 1. The number of aryl methyl sites for hydroxylation is 1. The van der Waals surface area contributed by atoms with Gasteiger partial charge in [0.15, 0.2) is 17.1 Å². The van der Waals surface area contributed by atoms with Crippen LogP contribution in [-0.2, 0) is 6.61 Å². The molecule has 0 amide bonds. The molecule has 0 saturated heterocycles. The van der Waals surface area contributed by atoms with Gasteiger partial charge in [-0.2, -0.15) is 0 Å². The summed E-state index contributed by atoms with van der Waals surface area (Å²) < 4.78 is 19.0. The maximum Gasteiger partial charge on any atom is 0.204 e. The third kappa shape index (κ3) is 4.15. The number of fused-ring (bicyclic) bond motifs is 1. The smallest absolute Gasteiger partial charge is 0.204 e. The van der Waals surface area contributed by atoms with E-state index in [2.05, 4.69) is 15.3 Å². The predicted molar refractivity (Wildman–Crippen MR) is 127 cm³/mol. The van der Waals surface area contributed by atoms with E-state index in [1.165, 1.54) is 0 Å². The van der Waals surface area contributed by atoms with Gasteiger partial charge in [-0.1, -0.05) is 42.5 Å². The molecule has 0 bridgehead atoms. The Hall–Kier alpha value is -3.85. The first-order chi connectivity index (χ1) is 15.5. The summed E-state index contributed by atoms with van der Waals surface area (Å²) in [4.78, 5) is 9.21. The van der Waals surface area contributed by atoms with Gasteiger partial charge in [-0.25, -0.2) is 9.97 Å². The van der Waals surface area contributed by atoms with Crippen LogP contribution in [0.1, 0.15) is 17.0 Å². The van der Waals surface area contributed by atoms with Gasteiger partial charge in [0.1, 0.15) is 23.2 Å². The van der Waals surface area contributed by atoms with Crippen molar-refractivity contribution < 1.29 is 14.2 Å². The van der Waals surface area contributed by atoms with E-state index in [1.54, 1.807) is 32.5 Å².